The second-order valence-corrected chi connectivity index (χ2v) is 6.72. The lowest BCUT2D eigenvalue weighted by atomic mass is 10.1. The highest BCUT2D eigenvalue weighted by atomic mass is 32.2. The molecule has 1 aliphatic heterocycles. The maximum absolute atomic E-state index is 5.44. The van der Waals surface area contributed by atoms with E-state index in [0.717, 1.165) is 18.0 Å². The van der Waals surface area contributed by atoms with Crippen LogP contribution in [-0.2, 0) is 0 Å². The molecule has 2 aromatic heterocycles. The smallest absolute Gasteiger partial charge is 0.180 e. The van der Waals surface area contributed by atoms with Gasteiger partial charge in [-0.1, -0.05) is 0 Å². The van der Waals surface area contributed by atoms with Gasteiger partial charge in [0.15, 0.2) is 17.3 Å². The number of hydrogen-bond donors (Lipinski definition) is 3. The van der Waals surface area contributed by atoms with E-state index in [4.69, 9.17) is 5.84 Å². The Morgan fingerprint density at radius 3 is 3.21 bits per heavy atom. The van der Waals surface area contributed by atoms with Crippen molar-refractivity contribution in [2.45, 2.75) is 24.5 Å². The predicted octanol–water partition coefficient (Wildman–Crippen LogP) is 1.71. The van der Waals surface area contributed by atoms with Gasteiger partial charge < -0.3 is 15.1 Å². The van der Waals surface area contributed by atoms with Crippen LogP contribution in [0.4, 0.5) is 11.6 Å². The van der Waals surface area contributed by atoms with Crippen LogP contribution in [0.15, 0.2) is 18.6 Å². The summed E-state index contributed by atoms with van der Waals surface area (Å²) in [7, 11) is 0. The lowest BCUT2D eigenvalue weighted by Gasteiger charge is -2.23. The Kier molecular flexibility index (Phi) is 3.24. The fourth-order valence-corrected chi connectivity index (χ4v) is 3.61. The van der Waals surface area contributed by atoms with Crippen molar-refractivity contribution in [3.8, 4) is 0 Å². The van der Waals surface area contributed by atoms with Gasteiger partial charge in [0, 0.05) is 23.7 Å². The topological polar surface area (TPSA) is 80.3 Å². The van der Waals surface area contributed by atoms with Crippen molar-refractivity contribution in [2.75, 3.05) is 23.0 Å². The zero-order chi connectivity index (χ0) is 13.3. The molecule has 1 unspecified atom stereocenters. The van der Waals surface area contributed by atoms with Gasteiger partial charge in [-0.05, 0) is 25.5 Å². The van der Waals surface area contributed by atoms with Gasteiger partial charge in [-0.15, -0.1) is 0 Å². The first-order chi connectivity index (χ1) is 9.20. The molecule has 0 bridgehead atoms. The van der Waals surface area contributed by atoms with E-state index >= 15 is 0 Å². The molecule has 0 spiro atoms. The van der Waals surface area contributed by atoms with E-state index in [1.165, 1.54) is 18.6 Å². The molecule has 0 amide bonds. The maximum atomic E-state index is 5.44. The van der Waals surface area contributed by atoms with Gasteiger partial charge in [0.1, 0.15) is 0 Å². The van der Waals surface area contributed by atoms with E-state index in [0.29, 0.717) is 5.82 Å². The number of thioether (sulfide) groups is 1. The number of nitrogens with two attached hydrogens (primary N) is 1. The Hall–Kier alpha value is -1.47. The largest absolute Gasteiger partial charge is 0.366 e. The number of rotatable bonds is 4. The number of nitrogens with zero attached hydrogens (tertiary/aromatic N) is 3. The van der Waals surface area contributed by atoms with Crippen molar-refractivity contribution in [3.63, 3.8) is 0 Å². The summed E-state index contributed by atoms with van der Waals surface area (Å²) in [5.41, 5.74) is 3.41. The number of imidazole rings is 1. The molecular weight excluding hydrogens is 260 g/mol. The molecule has 7 heteroatoms. The summed E-state index contributed by atoms with van der Waals surface area (Å²) in [5.74, 6) is 8.08. The minimum absolute atomic E-state index is 0.289. The van der Waals surface area contributed by atoms with E-state index in [2.05, 4.69) is 27.6 Å². The molecule has 3 heterocycles. The second kappa shape index (κ2) is 4.90. The molecule has 0 aliphatic carbocycles. The Morgan fingerprint density at radius 2 is 2.47 bits per heavy atom. The summed E-state index contributed by atoms with van der Waals surface area (Å²) in [6.45, 7) is 3.19. The Balaban J connectivity index is 1.85. The van der Waals surface area contributed by atoms with Crippen LogP contribution in [0, 0.1) is 0 Å². The van der Waals surface area contributed by atoms with Crippen LogP contribution < -0.4 is 16.6 Å². The quantitative estimate of drug-likeness (QED) is 0.583. The number of aromatic nitrogens is 3. The lowest BCUT2D eigenvalue weighted by molar-refractivity contribution is 0.634. The number of nitrogens with one attached hydrogen (secondary N) is 2. The molecule has 1 saturated heterocycles. The zero-order valence-corrected chi connectivity index (χ0v) is 11.7. The molecule has 6 nitrogen and oxygen atoms in total. The van der Waals surface area contributed by atoms with Gasteiger partial charge in [0.2, 0.25) is 0 Å². The summed E-state index contributed by atoms with van der Waals surface area (Å²) in [4.78, 5) is 8.77. The zero-order valence-electron chi connectivity index (χ0n) is 10.9. The number of anilines is 2. The van der Waals surface area contributed by atoms with E-state index < -0.39 is 0 Å². The Bertz CT molecular complexity index is 575. The molecule has 1 atom stereocenters. The van der Waals surface area contributed by atoms with Crippen molar-refractivity contribution < 1.29 is 0 Å². The minimum atomic E-state index is 0.289. The third-order valence-electron chi connectivity index (χ3n) is 3.45. The lowest BCUT2D eigenvalue weighted by Crippen LogP contribution is -2.27. The molecule has 4 N–H and O–H groups in total. The van der Waals surface area contributed by atoms with Crippen LogP contribution in [-0.4, -0.2) is 31.4 Å². The first-order valence-corrected chi connectivity index (χ1v) is 7.37. The van der Waals surface area contributed by atoms with E-state index in [1.54, 1.807) is 6.20 Å². The number of hydrazine groups is 1. The number of fused-ring (bicyclic) bond motifs is 1. The summed E-state index contributed by atoms with van der Waals surface area (Å²) < 4.78 is 2.20. The maximum Gasteiger partial charge on any atom is 0.180 e. The molecule has 0 saturated carbocycles. The summed E-state index contributed by atoms with van der Waals surface area (Å²) in [5, 5.41) is 3.42. The van der Waals surface area contributed by atoms with Gasteiger partial charge in [0.25, 0.3) is 0 Å². The fourth-order valence-electron chi connectivity index (χ4n) is 2.37. The first kappa shape index (κ1) is 12.6. The molecule has 102 valence electrons. The second-order valence-electron chi connectivity index (χ2n) is 5.03. The van der Waals surface area contributed by atoms with Gasteiger partial charge >= 0.3 is 0 Å². The van der Waals surface area contributed by atoms with Crippen LogP contribution in [0.3, 0.4) is 0 Å². The Labute approximate surface area is 116 Å². The normalized spacial score (nSPS) is 22.8. The van der Waals surface area contributed by atoms with Gasteiger partial charge in [-0.2, -0.15) is 11.8 Å². The standard InChI is InChI=1S/C12H18N6S/c1-12(3-2-6-19-12)8-15-10-11-14-4-5-18(11)7-9(16-10)17-13/h4-5,7,17H,2-3,6,8,13H2,1H3,(H,15,16). The SMILES string of the molecule is CC1(CNc2nc(NN)cn3ccnc23)CCCS1. The molecule has 1 aliphatic rings. The molecule has 2 aromatic rings. The Morgan fingerprint density at radius 1 is 1.58 bits per heavy atom. The molecule has 1 fully saturated rings. The van der Waals surface area contributed by atoms with Crippen molar-refractivity contribution >= 4 is 29.0 Å². The highest BCUT2D eigenvalue weighted by molar-refractivity contribution is 8.00. The van der Waals surface area contributed by atoms with Crippen LogP contribution in [0.25, 0.3) is 5.65 Å². The molecule has 19 heavy (non-hydrogen) atoms. The van der Waals surface area contributed by atoms with Crippen LogP contribution in [0.5, 0.6) is 0 Å². The van der Waals surface area contributed by atoms with E-state index in [9.17, 15) is 0 Å². The number of nitrogen functional groups attached to an aromatic ring is 1. The van der Waals surface area contributed by atoms with Crippen LogP contribution >= 0.6 is 11.8 Å². The average molecular weight is 278 g/mol. The van der Waals surface area contributed by atoms with Crippen molar-refractivity contribution in [1.82, 2.24) is 14.4 Å². The summed E-state index contributed by atoms with van der Waals surface area (Å²) in [6, 6.07) is 0. The van der Waals surface area contributed by atoms with Gasteiger partial charge in [-0.25, -0.2) is 15.8 Å². The highest BCUT2D eigenvalue weighted by Gasteiger charge is 2.29. The van der Waals surface area contributed by atoms with Gasteiger partial charge in [-0.3, -0.25) is 0 Å². The van der Waals surface area contributed by atoms with Crippen molar-refractivity contribution in [1.29, 1.82) is 0 Å². The molecule has 0 radical (unpaired) electrons. The fraction of sp³-hybridized carbons (Fsp3) is 0.500. The highest BCUT2D eigenvalue weighted by Crippen LogP contribution is 2.37. The van der Waals surface area contributed by atoms with Crippen LogP contribution in [0.2, 0.25) is 0 Å². The summed E-state index contributed by atoms with van der Waals surface area (Å²) >= 11 is 2.02. The molecule has 0 aromatic carbocycles. The van der Waals surface area contributed by atoms with Crippen LogP contribution in [0.1, 0.15) is 19.8 Å². The summed E-state index contributed by atoms with van der Waals surface area (Å²) in [6.07, 6.45) is 7.99. The average Bonchev–Trinajstić information content (AvgIpc) is 3.04. The molecule has 3 rings (SSSR count). The van der Waals surface area contributed by atoms with Crippen molar-refractivity contribution in [2.24, 2.45) is 5.84 Å². The molecular formula is C12H18N6S. The number of hydrogen-bond acceptors (Lipinski definition) is 6. The monoisotopic (exact) mass is 278 g/mol. The van der Waals surface area contributed by atoms with E-state index in [-0.39, 0.29) is 4.75 Å². The predicted molar refractivity (Wildman–Crippen MR) is 79.4 cm³/mol. The van der Waals surface area contributed by atoms with E-state index in [1.807, 2.05) is 28.6 Å². The van der Waals surface area contributed by atoms with Crippen molar-refractivity contribution in [3.05, 3.63) is 18.6 Å². The third-order valence-corrected chi connectivity index (χ3v) is 4.99. The third kappa shape index (κ3) is 2.48. The van der Waals surface area contributed by atoms with Gasteiger partial charge in [0.05, 0.1) is 6.20 Å². The minimum Gasteiger partial charge on any atom is -0.366 e. The first-order valence-electron chi connectivity index (χ1n) is 6.38.